The monoisotopic (exact) mass is 357 g/mol. The smallest absolute Gasteiger partial charge is 0.340 e. The SMILES string of the molecule is C[C@@H]1CCCC[C@@H]1NC(=O)NC(=O)COC(=O)c1c[nH]c2ccccc12. The first kappa shape index (κ1) is 18.0. The van der Waals surface area contributed by atoms with Crippen molar-refractivity contribution in [2.45, 2.75) is 38.6 Å². The molecule has 1 fully saturated rings. The van der Waals surface area contributed by atoms with Gasteiger partial charge in [0.05, 0.1) is 5.56 Å². The van der Waals surface area contributed by atoms with E-state index in [9.17, 15) is 14.4 Å². The minimum absolute atomic E-state index is 0.0744. The van der Waals surface area contributed by atoms with Gasteiger partial charge in [0, 0.05) is 23.1 Å². The molecule has 138 valence electrons. The molecule has 1 saturated carbocycles. The maximum absolute atomic E-state index is 12.1. The van der Waals surface area contributed by atoms with Gasteiger partial charge in [-0.05, 0) is 24.8 Å². The number of hydrogen-bond donors (Lipinski definition) is 3. The highest BCUT2D eigenvalue weighted by Gasteiger charge is 2.23. The van der Waals surface area contributed by atoms with Crippen LogP contribution in [0.5, 0.6) is 0 Å². The Morgan fingerprint density at radius 3 is 2.77 bits per heavy atom. The lowest BCUT2D eigenvalue weighted by Gasteiger charge is -2.29. The van der Waals surface area contributed by atoms with E-state index in [0.717, 1.165) is 30.2 Å². The van der Waals surface area contributed by atoms with Crippen LogP contribution in [0.3, 0.4) is 0 Å². The average Bonchev–Trinajstić information content (AvgIpc) is 3.06. The lowest BCUT2D eigenvalue weighted by Crippen LogP contribution is -2.48. The van der Waals surface area contributed by atoms with Crippen molar-refractivity contribution < 1.29 is 19.1 Å². The zero-order valence-corrected chi connectivity index (χ0v) is 14.7. The number of imide groups is 1. The largest absolute Gasteiger partial charge is 0.452 e. The lowest BCUT2D eigenvalue weighted by atomic mass is 9.86. The molecule has 0 radical (unpaired) electrons. The van der Waals surface area contributed by atoms with Crippen molar-refractivity contribution in [3.05, 3.63) is 36.0 Å². The predicted molar refractivity (Wildman–Crippen MR) is 96.7 cm³/mol. The van der Waals surface area contributed by atoms with E-state index in [-0.39, 0.29) is 6.04 Å². The molecule has 0 unspecified atom stereocenters. The van der Waals surface area contributed by atoms with Crippen LogP contribution in [-0.2, 0) is 9.53 Å². The summed E-state index contributed by atoms with van der Waals surface area (Å²) in [5.41, 5.74) is 1.17. The maximum atomic E-state index is 12.1. The summed E-state index contributed by atoms with van der Waals surface area (Å²) in [5.74, 6) is -0.873. The Morgan fingerprint density at radius 1 is 1.19 bits per heavy atom. The molecule has 2 aromatic rings. The fourth-order valence-electron chi connectivity index (χ4n) is 3.35. The summed E-state index contributed by atoms with van der Waals surface area (Å²) in [7, 11) is 0. The molecule has 26 heavy (non-hydrogen) atoms. The van der Waals surface area contributed by atoms with Gasteiger partial charge in [-0.25, -0.2) is 9.59 Å². The fraction of sp³-hybridized carbons (Fsp3) is 0.421. The van der Waals surface area contributed by atoms with Crippen molar-refractivity contribution in [3.63, 3.8) is 0 Å². The number of fused-ring (bicyclic) bond motifs is 1. The first-order valence-corrected chi connectivity index (χ1v) is 8.88. The highest BCUT2D eigenvalue weighted by atomic mass is 16.5. The quantitative estimate of drug-likeness (QED) is 0.733. The molecule has 2 atom stereocenters. The number of H-pyrrole nitrogens is 1. The standard InChI is InChI=1S/C19H23N3O4/c1-12-6-2-4-8-15(12)21-19(25)22-17(23)11-26-18(24)14-10-20-16-9-5-3-7-13(14)16/h3,5,7,9-10,12,15,20H,2,4,6,8,11H2,1H3,(H2,21,22,23,25)/t12-,15+/m1/s1. The van der Waals surface area contributed by atoms with Gasteiger partial charge in [-0.1, -0.05) is 38.0 Å². The van der Waals surface area contributed by atoms with Gasteiger partial charge in [0.15, 0.2) is 6.61 Å². The molecule has 0 saturated heterocycles. The molecular weight excluding hydrogens is 334 g/mol. The molecule has 0 bridgehead atoms. The van der Waals surface area contributed by atoms with Crippen LogP contribution < -0.4 is 10.6 Å². The normalized spacial score (nSPS) is 19.7. The summed E-state index contributed by atoms with van der Waals surface area (Å²) in [4.78, 5) is 38.9. The van der Waals surface area contributed by atoms with Crippen LogP contribution in [-0.4, -0.2) is 35.5 Å². The number of carbonyl (C=O) groups is 3. The second kappa shape index (κ2) is 8.03. The first-order chi connectivity index (χ1) is 12.5. The van der Waals surface area contributed by atoms with E-state index in [1.54, 1.807) is 12.3 Å². The van der Waals surface area contributed by atoms with Crippen molar-refractivity contribution >= 4 is 28.8 Å². The Kier molecular flexibility index (Phi) is 5.55. The van der Waals surface area contributed by atoms with Crippen LogP contribution in [0.2, 0.25) is 0 Å². The third kappa shape index (κ3) is 4.22. The van der Waals surface area contributed by atoms with Gasteiger partial charge in [0.1, 0.15) is 0 Å². The molecule has 1 aromatic heterocycles. The Hall–Kier alpha value is -2.83. The van der Waals surface area contributed by atoms with Gasteiger partial charge in [0.25, 0.3) is 5.91 Å². The van der Waals surface area contributed by atoms with Crippen LogP contribution in [0.15, 0.2) is 30.5 Å². The van der Waals surface area contributed by atoms with Crippen LogP contribution >= 0.6 is 0 Å². The minimum atomic E-state index is -0.654. The number of para-hydroxylation sites is 1. The van der Waals surface area contributed by atoms with E-state index in [4.69, 9.17) is 4.74 Å². The number of ether oxygens (including phenoxy) is 1. The van der Waals surface area contributed by atoms with E-state index < -0.39 is 24.5 Å². The van der Waals surface area contributed by atoms with Gasteiger partial charge in [0.2, 0.25) is 0 Å². The van der Waals surface area contributed by atoms with Crippen LogP contribution in [0, 0.1) is 5.92 Å². The van der Waals surface area contributed by atoms with Crippen molar-refractivity contribution in [3.8, 4) is 0 Å². The van der Waals surface area contributed by atoms with Gasteiger partial charge in [-0.15, -0.1) is 0 Å². The molecule has 0 spiro atoms. The molecule has 1 aliphatic rings. The highest BCUT2D eigenvalue weighted by Crippen LogP contribution is 2.23. The molecule has 3 N–H and O–H groups in total. The van der Waals surface area contributed by atoms with E-state index in [1.165, 1.54) is 6.42 Å². The molecule has 3 rings (SSSR count). The van der Waals surface area contributed by atoms with Crippen LogP contribution in [0.25, 0.3) is 10.9 Å². The van der Waals surface area contributed by atoms with Crippen molar-refractivity contribution in [1.29, 1.82) is 0 Å². The summed E-state index contributed by atoms with van der Waals surface area (Å²) in [6, 6.07) is 6.84. The third-order valence-corrected chi connectivity index (χ3v) is 4.82. The second-order valence-electron chi connectivity index (χ2n) is 6.71. The molecular formula is C19H23N3O4. The zero-order valence-electron chi connectivity index (χ0n) is 14.7. The average molecular weight is 357 g/mol. The van der Waals surface area contributed by atoms with E-state index in [1.807, 2.05) is 18.2 Å². The van der Waals surface area contributed by atoms with Crippen molar-refractivity contribution in [2.24, 2.45) is 5.92 Å². The first-order valence-electron chi connectivity index (χ1n) is 8.88. The number of hydrogen-bond acceptors (Lipinski definition) is 4. The Bertz CT molecular complexity index is 814. The number of amides is 3. The minimum Gasteiger partial charge on any atom is -0.452 e. The number of aromatic nitrogens is 1. The van der Waals surface area contributed by atoms with E-state index in [0.29, 0.717) is 11.5 Å². The van der Waals surface area contributed by atoms with Gasteiger partial charge >= 0.3 is 12.0 Å². The Morgan fingerprint density at radius 2 is 1.96 bits per heavy atom. The molecule has 1 aromatic carbocycles. The number of benzene rings is 1. The van der Waals surface area contributed by atoms with E-state index in [2.05, 4.69) is 22.5 Å². The number of esters is 1. The maximum Gasteiger partial charge on any atom is 0.340 e. The summed E-state index contributed by atoms with van der Waals surface area (Å²) in [5, 5.41) is 5.76. The number of aromatic amines is 1. The number of carbonyl (C=O) groups excluding carboxylic acids is 3. The number of rotatable bonds is 4. The molecule has 7 heteroatoms. The second-order valence-corrected chi connectivity index (χ2v) is 6.71. The third-order valence-electron chi connectivity index (χ3n) is 4.82. The van der Waals surface area contributed by atoms with Gasteiger partial charge in [-0.3, -0.25) is 10.1 Å². The molecule has 1 heterocycles. The summed E-state index contributed by atoms with van der Waals surface area (Å²) in [6.45, 7) is 1.58. The lowest BCUT2D eigenvalue weighted by molar-refractivity contribution is -0.123. The van der Waals surface area contributed by atoms with Crippen LogP contribution in [0.4, 0.5) is 4.79 Å². The number of urea groups is 1. The van der Waals surface area contributed by atoms with Crippen molar-refractivity contribution in [1.82, 2.24) is 15.6 Å². The highest BCUT2D eigenvalue weighted by molar-refractivity contribution is 6.05. The number of nitrogens with one attached hydrogen (secondary N) is 3. The molecule has 3 amide bonds. The fourth-order valence-corrected chi connectivity index (χ4v) is 3.35. The Labute approximate surface area is 151 Å². The van der Waals surface area contributed by atoms with Crippen molar-refractivity contribution in [2.75, 3.05) is 6.61 Å². The summed E-state index contributed by atoms with van der Waals surface area (Å²) in [6.07, 6.45) is 5.77. The van der Waals surface area contributed by atoms with E-state index >= 15 is 0 Å². The van der Waals surface area contributed by atoms with Gasteiger partial charge < -0.3 is 15.0 Å². The zero-order chi connectivity index (χ0) is 18.5. The topological polar surface area (TPSA) is 100 Å². The summed E-state index contributed by atoms with van der Waals surface area (Å²) >= 11 is 0. The molecule has 1 aliphatic carbocycles. The Balaban J connectivity index is 1.47. The predicted octanol–water partition coefficient (Wildman–Crippen LogP) is 2.73. The van der Waals surface area contributed by atoms with Gasteiger partial charge in [-0.2, -0.15) is 0 Å². The molecule has 7 nitrogen and oxygen atoms in total. The van der Waals surface area contributed by atoms with Crippen LogP contribution in [0.1, 0.15) is 43.0 Å². The molecule has 0 aliphatic heterocycles. The summed E-state index contributed by atoms with van der Waals surface area (Å²) < 4.78 is 5.02.